The number of anilines is 1. The van der Waals surface area contributed by atoms with Gasteiger partial charge in [-0.25, -0.2) is 0 Å². The molecule has 0 unspecified atom stereocenters. The molecule has 0 atom stereocenters. The maximum atomic E-state index is 11.8. The van der Waals surface area contributed by atoms with E-state index in [0.29, 0.717) is 0 Å². The highest BCUT2D eigenvalue weighted by molar-refractivity contribution is 8.00. The van der Waals surface area contributed by atoms with Crippen LogP contribution < -0.4 is 11.1 Å². The van der Waals surface area contributed by atoms with Crippen LogP contribution in [0.15, 0.2) is 29.2 Å². The Morgan fingerprint density at radius 2 is 1.80 bits per heavy atom. The topological polar surface area (TPSA) is 55.1 Å². The van der Waals surface area contributed by atoms with Crippen molar-refractivity contribution < 1.29 is 4.79 Å². The minimum atomic E-state index is -0.600. The number of carbonyl (C=O) groups is 1. The van der Waals surface area contributed by atoms with Gasteiger partial charge in [0.2, 0.25) is 5.91 Å². The van der Waals surface area contributed by atoms with E-state index in [0.717, 1.165) is 23.8 Å². The van der Waals surface area contributed by atoms with Crippen molar-refractivity contribution in [2.75, 3.05) is 5.32 Å². The third-order valence-electron chi connectivity index (χ3n) is 3.96. The Bertz CT molecular complexity index is 467. The molecule has 3 N–H and O–H groups in total. The Morgan fingerprint density at radius 1 is 1.20 bits per heavy atom. The SMILES string of the molecule is Cl.NC1(C(=O)Nc2ccc(SC3CCCC3)cc2)CC1. The summed E-state index contributed by atoms with van der Waals surface area (Å²) >= 11 is 1.96. The number of rotatable bonds is 4. The smallest absolute Gasteiger partial charge is 0.244 e. The van der Waals surface area contributed by atoms with Gasteiger partial charge in [-0.15, -0.1) is 24.2 Å². The number of halogens is 1. The number of amides is 1. The molecule has 0 bridgehead atoms. The van der Waals surface area contributed by atoms with Crippen LogP contribution >= 0.6 is 24.2 Å². The van der Waals surface area contributed by atoms with Crippen LogP contribution in [0.3, 0.4) is 0 Å². The first-order valence-electron chi connectivity index (χ1n) is 7.03. The van der Waals surface area contributed by atoms with Crippen molar-refractivity contribution in [2.45, 2.75) is 54.2 Å². The lowest BCUT2D eigenvalue weighted by atomic mass is 10.2. The second-order valence-electron chi connectivity index (χ2n) is 5.66. The molecule has 0 aliphatic heterocycles. The Hall–Kier alpha value is -0.710. The number of benzene rings is 1. The lowest BCUT2D eigenvalue weighted by molar-refractivity contribution is -0.118. The number of hydrogen-bond donors (Lipinski definition) is 2. The minimum Gasteiger partial charge on any atom is -0.324 e. The summed E-state index contributed by atoms with van der Waals surface area (Å²) in [6, 6.07) is 8.13. The lowest BCUT2D eigenvalue weighted by Crippen LogP contribution is -2.37. The quantitative estimate of drug-likeness (QED) is 0.893. The van der Waals surface area contributed by atoms with Crippen molar-refractivity contribution in [1.82, 2.24) is 0 Å². The van der Waals surface area contributed by atoms with Crippen molar-refractivity contribution in [1.29, 1.82) is 0 Å². The van der Waals surface area contributed by atoms with Crippen LogP contribution in [0, 0.1) is 0 Å². The van der Waals surface area contributed by atoms with Gasteiger partial charge >= 0.3 is 0 Å². The van der Waals surface area contributed by atoms with E-state index in [1.54, 1.807) is 0 Å². The van der Waals surface area contributed by atoms with Gasteiger partial charge in [0.05, 0.1) is 5.54 Å². The first kappa shape index (κ1) is 15.7. The van der Waals surface area contributed by atoms with E-state index in [1.165, 1.54) is 30.6 Å². The molecule has 5 heteroatoms. The molecule has 0 spiro atoms. The Labute approximate surface area is 130 Å². The van der Waals surface area contributed by atoms with E-state index in [1.807, 2.05) is 23.9 Å². The molecule has 110 valence electrons. The van der Waals surface area contributed by atoms with Gasteiger partial charge in [-0.1, -0.05) is 12.8 Å². The van der Waals surface area contributed by atoms with Gasteiger partial charge in [0.25, 0.3) is 0 Å². The van der Waals surface area contributed by atoms with E-state index in [9.17, 15) is 4.79 Å². The van der Waals surface area contributed by atoms with Crippen LogP contribution in [0.5, 0.6) is 0 Å². The first-order chi connectivity index (χ1) is 9.16. The molecule has 1 amide bonds. The predicted octanol–water partition coefficient (Wildman–Crippen LogP) is 3.57. The highest BCUT2D eigenvalue weighted by Crippen LogP contribution is 2.36. The molecule has 0 aromatic heterocycles. The summed E-state index contributed by atoms with van der Waals surface area (Å²) in [4.78, 5) is 13.1. The highest BCUT2D eigenvalue weighted by Gasteiger charge is 2.45. The largest absolute Gasteiger partial charge is 0.324 e. The molecule has 2 aliphatic carbocycles. The zero-order valence-corrected chi connectivity index (χ0v) is 13.1. The standard InChI is InChI=1S/C15H20N2OS.ClH/c16-15(9-10-15)14(18)17-11-5-7-13(8-6-11)19-12-3-1-2-4-12;/h5-8,12H,1-4,9-10,16H2,(H,17,18);1H. The Kier molecular flexibility index (Phi) is 4.99. The average Bonchev–Trinajstić information content (AvgIpc) is 2.96. The summed E-state index contributed by atoms with van der Waals surface area (Å²) in [5.41, 5.74) is 6.11. The molecule has 1 aromatic rings. The van der Waals surface area contributed by atoms with Gasteiger partial charge in [-0.3, -0.25) is 4.79 Å². The van der Waals surface area contributed by atoms with Crippen molar-refractivity contribution in [2.24, 2.45) is 5.73 Å². The molecule has 0 radical (unpaired) electrons. The van der Waals surface area contributed by atoms with Crippen LogP contribution in [-0.2, 0) is 4.79 Å². The van der Waals surface area contributed by atoms with Gasteiger partial charge in [0.1, 0.15) is 0 Å². The van der Waals surface area contributed by atoms with E-state index in [-0.39, 0.29) is 18.3 Å². The van der Waals surface area contributed by atoms with Gasteiger partial charge in [0.15, 0.2) is 0 Å². The van der Waals surface area contributed by atoms with E-state index in [4.69, 9.17) is 5.73 Å². The summed E-state index contributed by atoms with van der Waals surface area (Å²) in [6.45, 7) is 0. The van der Waals surface area contributed by atoms with Crippen molar-refractivity contribution in [3.8, 4) is 0 Å². The molecule has 20 heavy (non-hydrogen) atoms. The second-order valence-corrected chi connectivity index (χ2v) is 7.03. The normalized spacial score (nSPS) is 20.2. The van der Waals surface area contributed by atoms with Crippen LogP contribution in [0.1, 0.15) is 38.5 Å². The van der Waals surface area contributed by atoms with Gasteiger partial charge in [0, 0.05) is 15.8 Å². The van der Waals surface area contributed by atoms with Crippen LogP contribution in [-0.4, -0.2) is 16.7 Å². The fourth-order valence-corrected chi connectivity index (χ4v) is 3.68. The Balaban J connectivity index is 0.00000147. The van der Waals surface area contributed by atoms with Crippen LogP contribution in [0.4, 0.5) is 5.69 Å². The fourth-order valence-electron chi connectivity index (χ4n) is 2.43. The molecule has 0 saturated heterocycles. The van der Waals surface area contributed by atoms with E-state index in [2.05, 4.69) is 17.4 Å². The number of nitrogens with one attached hydrogen (secondary N) is 1. The molecule has 3 rings (SSSR count). The lowest BCUT2D eigenvalue weighted by Gasteiger charge is -2.12. The zero-order chi connectivity index (χ0) is 13.3. The number of thioether (sulfide) groups is 1. The summed E-state index contributed by atoms with van der Waals surface area (Å²) in [6.07, 6.45) is 7.00. The van der Waals surface area contributed by atoms with Crippen molar-refractivity contribution in [3.63, 3.8) is 0 Å². The zero-order valence-electron chi connectivity index (χ0n) is 11.4. The first-order valence-corrected chi connectivity index (χ1v) is 7.91. The van der Waals surface area contributed by atoms with Crippen molar-refractivity contribution in [3.05, 3.63) is 24.3 Å². The molecule has 2 saturated carbocycles. The van der Waals surface area contributed by atoms with Crippen LogP contribution in [0.2, 0.25) is 0 Å². The third-order valence-corrected chi connectivity index (χ3v) is 5.31. The predicted molar refractivity (Wildman–Crippen MR) is 86.6 cm³/mol. The molecule has 0 heterocycles. The fraction of sp³-hybridized carbons (Fsp3) is 0.533. The maximum Gasteiger partial charge on any atom is 0.244 e. The minimum absolute atomic E-state index is 0. The molecular formula is C15H21ClN2OS. The number of nitrogens with two attached hydrogens (primary N) is 1. The average molecular weight is 313 g/mol. The van der Waals surface area contributed by atoms with Gasteiger partial charge in [-0.2, -0.15) is 0 Å². The molecule has 1 aromatic carbocycles. The summed E-state index contributed by atoms with van der Waals surface area (Å²) in [5, 5.41) is 3.67. The monoisotopic (exact) mass is 312 g/mol. The maximum absolute atomic E-state index is 11.8. The highest BCUT2D eigenvalue weighted by atomic mass is 35.5. The van der Waals surface area contributed by atoms with E-state index >= 15 is 0 Å². The summed E-state index contributed by atoms with van der Waals surface area (Å²) < 4.78 is 0. The van der Waals surface area contributed by atoms with E-state index < -0.39 is 5.54 Å². The summed E-state index contributed by atoms with van der Waals surface area (Å²) in [5.74, 6) is -0.0521. The van der Waals surface area contributed by atoms with Gasteiger partial charge < -0.3 is 11.1 Å². The van der Waals surface area contributed by atoms with Crippen LogP contribution in [0.25, 0.3) is 0 Å². The Morgan fingerprint density at radius 3 is 2.35 bits per heavy atom. The number of carbonyl (C=O) groups excluding carboxylic acids is 1. The molecule has 2 aliphatic rings. The molecule has 3 nitrogen and oxygen atoms in total. The molecular weight excluding hydrogens is 292 g/mol. The summed E-state index contributed by atoms with van der Waals surface area (Å²) in [7, 11) is 0. The number of hydrogen-bond acceptors (Lipinski definition) is 3. The van der Waals surface area contributed by atoms with Gasteiger partial charge in [-0.05, 0) is 49.9 Å². The molecule has 2 fully saturated rings. The van der Waals surface area contributed by atoms with Crippen molar-refractivity contribution >= 4 is 35.8 Å². The third kappa shape index (κ3) is 3.68. The second kappa shape index (κ2) is 6.37.